The van der Waals surface area contributed by atoms with Gasteiger partial charge in [-0.25, -0.2) is 0 Å². The van der Waals surface area contributed by atoms with Gasteiger partial charge in [0.15, 0.2) is 10.4 Å². The largest absolute Gasteiger partial charge is 0.328 e. The quantitative estimate of drug-likeness (QED) is 0.834. The van der Waals surface area contributed by atoms with Crippen LogP contribution in [-0.2, 0) is 20.0 Å². The Kier molecular flexibility index (Phi) is 3.92. The number of likely N-dealkylation sites (N-methyl/N-ethyl adjacent to an activating group) is 1. The molecular weight excluding hydrogens is 282 g/mol. The van der Waals surface area contributed by atoms with Crippen molar-refractivity contribution in [2.75, 3.05) is 7.05 Å². The lowest BCUT2D eigenvalue weighted by molar-refractivity contribution is 0.226. The van der Waals surface area contributed by atoms with Crippen molar-refractivity contribution in [2.24, 2.45) is 7.05 Å². The van der Waals surface area contributed by atoms with E-state index in [0.29, 0.717) is 6.04 Å². The summed E-state index contributed by atoms with van der Waals surface area (Å²) in [5.74, 6) is 0. The molecule has 0 spiro atoms. The molecule has 2 heterocycles. The molecule has 116 valence electrons. The zero-order valence-electron chi connectivity index (χ0n) is 13.4. The van der Waals surface area contributed by atoms with Crippen LogP contribution in [0.15, 0.2) is 0 Å². The molecule has 2 aromatic rings. The molecule has 1 aliphatic rings. The Morgan fingerprint density at radius 1 is 1.48 bits per heavy atom. The summed E-state index contributed by atoms with van der Waals surface area (Å²) in [7, 11) is 4.23. The Morgan fingerprint density at radius 2 is 2.19 bits per heavy atom. The summed E-state index contributed by atoms with van der Waals surface area (Å²) in [5, 5.41) is 4.65. The highest BCUT2D eigenvalue weighted by Crippen LogP contribution is 2.28. The number of imidazole rings is 1. The normalized spacial score (nSPS) is 17.0. The minimum absolute atomic E-state index is 0.479. The van der Waals surface area contributed by atoms with E-state index in [1.165, 1.54) is 12.8 Å². The first-order valence-corrected chi connectivity index (χ1v) is 8.30. The molecule has 0 aromatic carbocycles. The number of fused-ring (bicyclic) bond motifs is 1. The first-order valence-electron chi connectivity index (χ1n) is 7.89. The number of rotatable bonds is 6. The maximum Gasteiger partial charge on any atom is 0.179 e. The topological polar surface area (TPSA) is 41.8 Å². The van der Waals surface area contributed by atoms with Gasteiger partial charge in [-0.05, 0) is 45.5 Å². The van der Waals surface area contributed by atoms with E-state index < -0.39 is 0 Å². The van der Waals surface area contributed by atoms with E-state index in [-0.39, 0.29) is 0 Å². The van der Waals surface area contributed by atoms with Crippen LogP contribution in [0.1, 0.15) is 38.8 Å². The van der Waals surface area contributed by atoms with Gasteiger partial charge in [0.1, 0.15) is 5.52 Å². The first-order chi connectivity index (χ1) is 10.0. The molecule has 21 heavy (non-hydrogen) atoms. The van der Waals surface area contributed by atoms with Crippen molar-refractivity contribution in [3.8, 4) is 0 Å². The Balaban J connectivity index is 1.94. The third-order valence-electron chi connectivity index (χ3n) is 4.57. The predicted octanol–water partition coefficient (Wildman–Crippen LogP) is 2.87. The molecular formula is C15H25N5S. The highest BCUT2D eigenvalue weighted by molar-refractivity contribution is 7.71. The van der Waals surface area contributed by atoms with Crippen LogP contribution in [0.5, 0.6) is 0 Å². The molecule has 1 unspecified atom stereocenters. The average molecular weight is 307 g/mol. The molecule has 0 amide bonds. The van der Waals surface area contributed by atoms with Gasteiger partial charge in [0.25, 0.3) is 0 Å². The van der Waals surface area contributed by atoms with E-state index in [1.807, 2.05) is 11.7 Å². The van der Waals surface area contributed by atoms with Crippen LogP contribution in [0.3, 0.4) is 0 Å². The number of hydrogen-bond donors (Lipinski definition) is 1. The zero-order chi connectivity index (χ0) is 15.1. The molecule has 1 fully saturated rings. The maximum absolute atomic E-state index is 5.54. The Bertz CT molecular complexity index is 691. The van der Waals surface area contributed by atoms with Crippen molar-refractivity contribution < 1.29 is 0 Å². The number of aryl methyl sites for hydroxylation is 2. The van der Waals surface area contributed by atoms with Crippen molar-refractivity contribution in [1.29, 1.82) is 0 Å². The predicted molar refractivity (Wildman–Crippen MR) is 88.1 cm³/mol. The summed E-state index contributed by atoms with van der Waals surface area (Å²) < 4.78 is 4.99. The lowest BCUT2D eigenvalue weighted by atomic mass is 10.2. The highest BCUT2D eigenvalue weighted by atomic mass is 32.1. The number of H-pyrrole nitrogens is 1. The molecule has 0 radical (unpaired) electrons. The van der Waals surface area contributed by atoms with Gasteiger partial charge < -0.3 is 9.55 Å². The zero-order valence-corrected chi connectivity index (χ0v) is 14.2. The molecule has 6 heteroatoms. The summed E-state index contributed by atoms with van der Waals surface area (Å²) in [6.45, 7) is 5.37. The summed E-state index contributed by atoms with van der Waals surface area (Å²) in [6, 6.07) is 1.25. The first kappa shape index (κ1) is 14.8. The van der Waals surface area contributed by atoms with Crippen LogP contribution in [0.2, 0.25) is 0 Å². The van der Waals surface area contributed by atoms with Gasteiger partial charge in [0.05, 0.1) is 5.69 Å². The average Bonchev–Trinajstić information content (AvgIpc) is 3.18. The van der Waals surface area contributed by atoms with Crippen LogP contribution in [-0.4, -0.2) is 43.4 Å². The lowest BCUT2D eigenvalue weighted by Gasteiger charge is -2.24. The van der Waals surface area contributed by atoms with Crippen LogP contribution < -0.4 is 0 Å². The molecule has 1 atom stereocenters. The smallest absolute Gasteiger partial charge is 0.179 e. The number of hydrogen-bond acceptors (Lipinski definition) is 3. The molecule has 1 saturated carbocycles. The van der Waals surface area contributed by atoms with Gasteiger partial charge in [-0.3, -0.25) is 9.58 Å². The van der Waals surface area contributed by atoms with Crippen molar-refractivity contribution in [1.82, 2.24) is 24.2 Å². The minimum atomic E-state index is 0.479. The highest BCUT2D eigenvalue weighted by Gasteiger charge is 2.29. The summed E-state index contributed by atoms with van der Waals surface area (Å²) >= 11 is 5.54. The molecule has 0 bridgehead atoms. The molecule has 1 N–H and O–H groups in total. The third kappa shape index (κ3) is 2.66. The van der Waals surface area contributed by atoms with Crippen LogP contribution in [0, 0.1) is 4.77 Å². The van der Waals surface area contributed by atoms with Crippen molar-refractivity contribution in [2.45, 2.75) is 58.2 Å². The SMILES string of the molecule is CCCc1nn(C)c2c1[nH]c(=S)n2CC(C)N(C)C1CC1. The van der Waals surface area contributed by atoms with Gasteiger partial charge in [-0.2, -0.15) is 5.10 Å². The van der Waals surface area contributed by atoms with E-state index >= 15 is 0 Å². The van der Waals surface area contributed by atoms with Gasteiger partial charge >= 0.3 is 0 Å². The number of aromatic nitrogens is 4. The maximum atomic E-state index is 5.54. The monoisotopic (exact) mass is 307 g/mol. The van der Waals surface area contributed by atoms with Crippen molar-refractivity contribution in [3.05, 3.63) is 10.5 Å². The molecule has 2 aromatic heterocycles. The second-order valence-electron chi connectivity index (χ2n) is 6.31. The molecule has 5 nitrogen and oxygen atoms in total. The molecule has 0 aliphatic heterocycles. The van der Waals surface area contributed by atoms with Gasteiger partial charge in [-0.1, -0.05) is 13.3 Å². The Morgan fingerprint density at radius 3 is 2.81 bits per heavy atom. The summed E-state index contributed by atoms with van der Waals surface area (Å²) in [6.07, 6.45) is 4.76. The number of aromatic amines is 1. The van der Waals surface area contributed by atoms with E-state index in [2.05, 4.69) is 40.4 Å². The molecule has 0 saturated heterocycles. The fourth-order valence-corrected chi connectivity index (χ4v) is 3.36. The molecule has 1 aliphatic carbocycles. The van der Waals surface area contributed by atoms with Gasteiger partial charge in [-0.15, -0.1) is 0 Å². The van der Waals surface area contributed by atoms with Crippen LogP contribution in [0.25, 0.3) is 11.2 Å². The van der Waals surface area contributed by atoms with Crippen LogP contribution in [0.4, 0.5) is 0 Å². The van der Waals surface area contributed by atoms with E-state index in [9.17, 15) is 0 Å². The van der Waals surface area contributed by atoms with Crippen molar-refractivity contribution in [3.63, 3.8) is 0 Å². The fraction of sp³-hybridized carbons (Fsp3) is 0.733. The number of nitrogens with zero attached hydrogens (tertiary/aromatic N) is 4. The van der Waals surface area contributed by atoms with E-state index in [1.54, 1.807) is 0 Å². The van der Waals surface area contributed by atoms with Gasteiger partial charge in [0, 0.05) is 25.7 Å². The molecule has 3 rings (SSSR count). The van der Waals surface area contributed by atoms with Crippen molar-refractivity contribution >= 4 is 23.4 Å². The van der Waals surface area contributed by atoms with E-state index in [0.717, 1.165) is 47.1 Å². The fourth-order valence-electron chi connectivity index (χ4n) is 3.09. The summed E-state index contributed by atoms with van der Waals surface area (Å²) in [4.78, 5) is 5.84. The Labute approximate surface area is 130 Å². The second-order valence-corrected chi connectivity index (χ2v) is 6.69. The minimum Gasteiger partial charge on any atom is -0.328 e. The second kappa shape index (κ2) is 5.57. The van der Waals surface area contributed by atoms with Gasteiger partial charge in [0.2, 0.25) is 0 Å². The van der Waals surface area contributed by atoms with E-state index in [4.69, 9.17) is 12.2 Å². The number of nitrogens with one attached hydrogen (secondary N) is 1. The third-order valence-corrected chi connectivity index (χ3v) is 4.90. The lowest BCUT2D eigenvalue weighted by Crippen LogP contribution is -2.34. The Hall–Kier alpha value is -1.14. The standard InChI is InChI=1S/C15H25N5S/c1-5-6-12-13-14(19(4)17-12)20(15(21)16-13)9-10(2)18(3)11-7-8-11/h10-11H,5-9H2,1-4H3,(H,16,21). The van der Waals surface area contributed by atoms with Crippen LogP contribution >= 0.6 is 12.2 Å². The summed E-state index contributed by atoms with van der Waals surface area (Å²) in [5.41, 5.74) is 3.37.